The number of hydrogen-bond acceptors (Lipinski definition) is 3. The van der Waals surface area contributed by atoms with Gasteiger partial charge in [-0.25, -0.2) is 4.98 Å². The zero-order valence-electron chi connectivity index (χ0n) is 10.6. The van der Waals surface area contributed by atoms with Gasteiger partial charge in [-0.15, -0.1) is 0 Å². The van der Waals surface area contributed by atoms with Gasteiger partial charge >= 0.3 is 0 Å². The molecule has 0 radical (unpaired) electrons. The highest BCUT2D eigenvalue weighted by Crippen LogP contribution is 2.21. The van der Waals surface area contributed by atoms with Crippen LogP contribution in [0.2, 0.25) is 10.0 Å². The lowest BCUT2D eigenvalue weighted by molar-refractivity contribution is 0.100. The summed E-state index contributed by atoms with van der Waals surface area (Å²) in [5.41, 5.74) is 6.63. The smallest absolute Gasteiger partial charge is 0.252 e. The number of hydrogen-bond donors (Lipinski definition) is 2. The van der Waals surface area contributed by atoms with E-state index in [1.165, 1.54) is 0 Å². The number of nitrogens with one attached hydrogen (secondary N) is 1. The molecular weight excluding hydrogens is 297 g/mol. The Hall–Kier alpha value is -1.78. The highest BCUT2D eigenvalue weighted by Gasteiger charge is 2.08. The Morgan fingerprint density at radius 3 is 2.80 bits per heavy atom. The molecule has 0 aliphatic heterocycles. The summed E-state index contributed by atoms with van der Waals surface area (Å²) >= 11 is 11.9. The van der Waals surface area contributed by atoms with Crippen LogP contribution in [-0.2, 0) is 6.42 Å². The van der Waals surface area contributed by atoms with E-state index in [0.717, 1.165) is 5.56 Å². The standard InChI is InChI=1S/C14H13Cl2N3O/c15-10-4-3-9(12(16)8-10)5-7-19-14-11(13(17)20)2-1-6-18-14/h1-4,6,8H,5,7H2,(H2,17,20)(H,18,19). The van der Waals surface area contributed by atoms with E-state index in [1.807, 2.05) is 6.07 Å². The molecule has 0 fully saturated rings. The number of aromatic nitrogens is 1. The number of benzene rings is 1. The summed E-state index contributed by atoms with van der Waals surface area (Å²) in [6.07, 6.45) is 2.29. The van der Waals surface area contributed by atoms with Crippen molar-refractivity contribution in [3.8, 4) is 0 Å². The fraction of sp³-hybridized carbons (Fsp3) is 0.143. The van der Waals surface area contributed by atoms with Crippen molar-refractivity contribution in [1.29, 1.82) is 0 Å². The molecule has 1 aromatic heterocycles. The number of carbonyl (C=O) groups is 1. The molecule has 20 heavy (non-hydrogen) atoms. The van der Waals surface area contributed by atoms with Crippen molar-refractivity contribution in [3.05, 3.63) is 57.7 Å². The molecule has 0 unspecified atom stereocenters. The number of nitrogens with two attached hydrogens (primary N) is 1. The predicted octanol–water partition coefficient (Wildman–Crippen LogP) is 3.14. The maximum atomic E-state index is 11.3. The summed E-state index contributed by atoms with van der Waals surface area (Å²) in [6, 6.07) is 8.67. The maximum absolute atomic E-state index is 11.3. The van der Waals surface area contributed by atoms with E-state index in [1.54, 1.807) is 30.5 Å². The fourth-order valence-electron chi connectivity index (χ4n) is 1.79. The van der Waals surface area contributed by atoms with E-state index in [9.17, 15) is 4.79 Å². The minimum absolute atomic E-state index is 0.370. The van der Waals surface area contributed by atoms with Gasteiger partial charge in [-0.1, -0.05) is 29.3 Å². The van der Waals surface area contributed by atoms with Gasteiger partial charge in [-0.3, -0.25) is 4.79 Å². The molecule has 1 aromatic carbocycles. The maximum Gasteiger partial charge on any atom is 0.252 e. The lowest BCUT2D eigenvalue weighted by Crippen LogP contribution is -2.16. The average Bonchev–Trinajstić information content (AvgIpc) is 2.41. The van der Waals surface area contributed by atoms with Crippen molar-refractivity contribution in [2.75, 3.05) is 11.9 Å². The number of nitrogens with zero attached hydrogens (tertiary/aromatic N) is 1. The fourth-order valence-corrected chi connectivity index (χ4v) is 2.29. The molecule has 0 atom stereocenters. The first-order valence-electron chi connectivity index (χ1n) is 6.00. The Balaban J connectivity index is 2.01. The summed E-state index contributed by atoms with van der Waals surface area (Å²) in [7, 11) is 0. The molecule has 0 saturated heterocycles. The third-order valence-electron chi connectivity index (χ3n) is 2.78. The Kier molecular flexibility index (Phi) is 4.82. The zero-order valence-corrected chi connectivity index (χ0v) is 12.1. The largest absolute Gasteiger partial charge is 0.369 e. The van der Waals surface area contributed by atoms with Crippen LogP contribution in [0.4, 0.5) is 5.82 Å². The predicted molar refractivity (Wildman–Crippen MR) is 81.4 cm³/mol. The Morgan fingerprint density at radius 2 is 2.10 bits per heavy atom. The molecule has 2 rings (SSSR count). The van der Waals surface area contributed by atoms with Crippen LogP contribution in [0.3, 0.4) is 0 Å². The van der Waals surface area contributed by atoms with Crippen LogP contribution in [0.25, 0.3) is 0 Å². The van der Waals surface area contributed by atoms with E-state index in [2.05, 4.69) is 10.3 Å². The van der Waals surface area contributed by atoms with Gasteiger partial charge in [0.1, 0.15) is 5.82 Å². The Bertz CT molecular complexity index is 632. The summed E-state index contributed by atoms with van der Waals surface area (Å²) in [6.45, 7) is 0.582. The second-order valence-electron chi connectivity index (χ2n) is 4.18. The van der Waals surface area contributed by atoms with Crippen LogP contribution in [0.5, 0.6) is 0 Å². The van der Waals surface area contributed by atoms with Gasteiger partial charge in [0.2, 0.25) is 0 Å². The lowest BCUT2D eigenvalue weighted by Gasteiger charge is -2.09. The topological polar surface area (TPSA) is 68.0 Å². The minimum Gasteiger partial charge on any atom is -0.369 e. The van der Waals surface area contributed by atoms with Crippen LogP contribution in [0, 0.1) is 0 Å². The summed E-state index contributed by atoms with van der Waals surface area (Å²) in [5, 5.41) is 4.31. The quantitative estimate of drug-likeness (QED) is 0.891. The van der Waals surface area contributed by atoms with Crippen molar-refractivity contribution >= 4 is 34.9 Å². The van der Waals surface area contributed by atoms with Crippen LogP contribution in [0.1, 0.15) is 15.9 Å². The molecule has 2 aromatic rings. The Labute approximate surface area is 126 Å². The molecule has 0 bridgehead atoms. The zero-order chi connectivity index (χ0) is 14.5. The number of halogens is 2. The van der Waals surface area contributed by atoms with Gasteiger partial charge < -0.3 is 11.1 Å². The first-order chi connectivity index (χ1) is 9.58. The highest BCUT2D eigenvalue weighted by molar-refractivity contribution is 6.35. The molecule has 104 valence electrons. The number of amides is 1. The number of primary amides is 1. The molecular formula is C14H13Cl2N3O. The van der Waals surface area contributed by atoms with E-state index in [0.29, 0.717) is 34.4 Å². The molecule has 1 amide bonds. The normalized spacial score (nSPS) is 10.3. The van der Waals surface area contributed by atoms with Crippen molar-refractivity contribution in [2.45, 2.75) is 6.42 Å². The first-order valence-corrected chi connectivity index (χ1v) is 6.76. The number of pyridine rings is 1. The van der Waals surface area contributed by atoms with Crippen molar-refractivity contribution < 1.29 is 4.79 Å². The molecule has 4 nitrogen and oxygen atoms in total. The van der Waals surface area contributed by atoms with E-state index >= 15 is 0 Å². The van der Waals surface area contributed by atoms with Crippen LogP contribution < -0.4 is 11.1 Å². The van der Waals surface area contributed by atoms with Crippen molar-refractivity contribution in [1.82, 2.24) is 4.98 Å². The molecule has 6 heteroatoms. The highest BCUT2D eigenvalue weighted by atomic mass is 35.5. The average molecular weight is 310 g/mol. The SMILES string of the molecule is NC(=O)c1cccnc1NCCc1ccc(Cl)cc1Cl. The van der Waals surface area contributed by atoms with Crippen LogP contribution in [-0.4, -0.2) is 17.4 Å². The Morgan fingerprint density at radius 1 is 1.30 bits per heavy atom. The van der Waals surface area contributed by atoms with Gasteiger partial charge in [0.25, 0.3) is 5.91 Å². The summed E-state index contributed by atoms with van der Waals surface area (Å²) in [4.78, 5) is 15.4. The number of carbonyl (C=O) groups excluding carboxylic acids is 1. The first kappa shape index (κ1) is 14.6. The molecule has 1 heterocycles. The molecule has 0 spiro atoms. The second-order valence-corrected chi connectivity index (χ2v) is 5.02. The summed E-state index contributed by atoms with van der Waals surface area (Å²) in [5.74, 6) is -0.0322. The van der Waals surface area contributed by atoms with Gasteiger partial charge in [-0.2, -0.15) is 0 Å². The molecule has 0 aliphatic carbocycles. The third-order valence-corrected chi connectivity index (χ3v) is 3.36. The molecule has 0 saturated carbocycles. The number of anilines is 1. The van der Waals surface area contributed by atoms with Gasteiger partial charge in [-0.05, 0) is 36.2 Å². The van der Waals surface area contributed by atoms with Crippen molar-refractivity contribution in [2.24, 2.45) is 5.73 Å². The lowest BCUT2D eigenvalue weighted by atomic mass is 10.1. The van der Waals surface area contributed by atoms with Crippen molar-refractivity contribution in [3.63, 3.8) is 0 Å². The van der Waals surface area contributed by atoms with Gasteiger partial charge in [0.15, 0.2) is 0 Å². The van der Waals surface area contributed by atoms with Gasteiger partial charge in [0.05, 0.1) is 5.56 Å². The summed E-state index contributed by atoms with van der Waals surface area (Å²) < 4.78 is 0. The minimum atomic E-state index is -0.509. The van der Waals surface area contributed by atoms with Crippen LogP contribution >= 0.6 is 23.2 Å². The van der Waals surface area contributed by atoms with E-state index < -0.39 is 5.91 Å². The second kappa shape index (κ2) is 6.59. The van der Waals surface area contributed by atoms with E-state index in [4.69, 9.17) is 28.9 Å². The molecule has 0 aliphatic rings. The van der Waals surface area contributed by atoms with E-state index in [-0.39, 0.29) is 0 Å². The van der Waals surface area contributed by atoms with Crippen LogP contribution in [0.15, 0.2) is 36.5 Å². The molecule has 3 N–H and O–H groups in total. The third kappa shape index (κ3) is 3.62. The number of rotatable bonds is 5. The monoisotopic (exact) mass is 309 g/mol. The van der Waals surface area contributed by atoms with Gasteiger partial charge in [0, 0.05) is 22.8 Å².